The molecule has 0 bridgehead atoms. The minimum absolute atomic E-state index is 0.0371. The summed E-state index contributed by atoms with van der Waals surface area (Å²) in [5.41, 5.74) is 7.58. The maximum Gasteiger partial charge on any atom is 0.126 e. The van der Waals surface area contributed by atoms with Crippen LogP contribution >= 0.6 is 0 Å². The Morgan fingerprint density at radius 1 is 1.46 bits per heavy atom. The summed E-state index contributed by atoms with van der Waals surface area (Å²) in [5.74, 6) is 0.440. The summed E-state index contributed by atoms with van der Waals surface area (Å²) in [5, 5.41) is 0. The Balaban J connectivity index is 2.24. The van der Waals surface area contributed by atoms with Crippen molar-refractivity contribution in [2.75, 3.05) is 0 Å². The molecular formula is C11H14FN. The highest BCUT2D eigenvalue weighted by Gasteiger charge is 2.29. The molecule has 0 aliphatic heterocycles. The summed E-state index contributed by atoms with van der Waals surface area (Å²) in [6.07, 6.45) is 2.38. The number of benzene rings is 1. The normalized spacial score (nSPS) is 18.7. The fourth-order valence-electron chi connectivity index (χ4n) is 1.54. The Hall–Kier alpha value is -0.890. The third kappa shape index (κ3) is 1.73. The second-order valence-electron chi connectivity index (χ2n) is 3.87. The van der Waals surface area contributed by atoms with Gasteiger partial charge in [0, 0.05) is 6.04 Å². The predicted molar refractivity (Wildman–Crippen MR) is 50.8 cm³/mol. The van der Waals surface area contributed by atoms with Crippen LogP contribution in [-0.2, 0) is 0 Å². The second kappa shape index (κ2) is 3.11. The molecule has 1 aromatic carbocycles. The molecule has 1 nitrogen and oxygen atoms in total. The molecule has 0 saturated heterocycles. The summed E-state index contributed by atoms with van der Waals surface area (Å²) in [6.45, 7) is 1.77. The van der Waals surface area contributed by atoms with Crippen LogP contribution in [0.25, 0.3) is 0 Å². The summed E-state index contributed by atoms with van der Waals surface area (Å²) < 4.78 is 13.2. The van der Waals surface area contributed by atoms with Crippen molar-refractivity contribution in [3.05, 3.63) is 35.1 Å². The Morgan fingerprint density at radius 2 is 2.15 bits per heavy atom. The van der Waals surface area contributed by atoms with Gasteiger partial charge in [-0.3, -0.25) is 0 Å². The van der Waals surface area contributed by atoms with Crippen LogP contribution in [0.4, 0.5) is 4.39 Å². The maximum atomic E-state index is 13.2. The summed E-state index contributed by atoms with van der Waals surface area (Å²) in [7, 11) is 0. The van der Waals surface area contributed by atoms with Gasteiger partial charge in [-0.15, -0.1) is 0 Å². The zero-order valence-corrected chi connectivity index (χ0v) is 7.76. The van der Waals surface area contributed by atoms with Gasteiger partial charge in [0.15, 0.2) is 0 Å². The van der Waals surface area contributed by atoms with E-state index in [1.54, 1.807) is 19.1 Å². The van der Waals surface area contributed by atoms with Gasteiger partial charge in [-0.05, 0) is 42.9 Å². The van der Waals surface area contributed by atoms with Gasteiger partial charge in [-0.25, -0.2) is 4.39 Å². The Kier molecular flexibility index (Phi) is 2.08. The minimum Gasteiger partial charge on any atom is -0.324 e. The molecule has 0 radical (unpaired) electrons. The van der Waals surface area contributed by atoms with E-state index in [9.17, 15) is 4.39 Å². The van der Waals surface area contributed by atoms with E-state index in [2.05, 4.69) is 0 Å². The van der Waals surface area contributed by atoms with E-state index in [0.29, 0.717) is 11.5 Å². The molecule has 0 amide bonds. The molecule has 0 heterocycles. The van der Waals surface area contributed by atoms with Crippen molar-refractivity contribution >= 4 is 0 Å². The predicted octanol–water partition coefficient (Wildman–Crippen LogP) is 2.54. The minimum atomic E-state index is -0.145. The van der Waals surface area contributed by atoms with Crippen molar-refractivity contribution in [2.24, 2.45) is 11.7 Å². The number of halogens is 1. The highest BCUT2D eigenvalue weighted by atomic mass is 19.1. The van der Waals surface area contributed by atoms with Gasteiger partial charge in [0.1, 0.15) is 5.82 Å². The fraction of sp³-hybridized carbons (Fsp3) is 0.455. The molecule has 1 atom stereocenters. The second-order valence-corrected chi connectivity index (χ2v) is 3.87. The van der Waals surface area contributed by atoms with E-state index in [0.717, 1.165) is 5.56 Å². The number of hydrogen-bond donors (Lipinski definition) is 1. The van der Waals surface area contributed by atoms with E-state index in [1.807, 2.05) is 6.07 Å². The largest absolute Gasteiger partial charge is 0.324 e. The summed E-state index contributed by atoms with van der Waals surface area (Å²) >= 11 is 0. The fourth-order valence-corrected chi connectivity index (χ4v) is 1.54. The molecule has 0 aromatic heterocycles. The van der Waals surface area contributed by atoms with E-state index >= 15 is 0 Å². The van der Waals surface area contributed by atoms with Crippen molar-refractivity contribution in [1.82, 2.24) is 0 Å². The monoisotopic (exact) mass is 179 g/mol. The average Bonchev–Trinajstić information content (AvgIpc) is 2.91. The van der Waals surface area contributed by atoms with Gasteiger partial charge in [0.05, 0.1) is 0 Å². The molecule has 0 spiro atoms. The average molecular weight is 179 g/mol. The molecule has 70 valence electrons. The van der Waals surface area contributed by atoms with Gasteiger partial charge in [-0.2, -0.15) is 0 Å². The van der Waals surface area contributed by atoms with Gasteiger partial charge >= 0.3 is 0 Å². The first-order valence-electron chi connectivity index (χ1n) is 4.70. The number of nitrogens with two attached hydrogens (primary N) is 1. The third-order valence-corrected chi connectivity index (χ3v) is 2.71. The first-order valence-corrected chi connectivity index (χ1v) is 4.70. The Bertz CT molecular complexity index is 318. The highest BCUT2D eigenvalue weighted by Crippen LogP contribution is 2.39. The Morgan fingerprint density at radius 3 is 2.69 bits per heavy atom. The lowest BCUT2D eigenvalue weighted by molar-refractivity contribution is 0.595. The van der Waals surface area contributed by atoms with Crippen LogP contribution in [0.5, 0.6) is 0 Å². The zero-order valence-electron chi connectivity index (χ0n) is 7.76. The lowest BCUT2D eigenvalue weighted by atomic mass is 10.0. The zero-order chi connectivity index (χ0) is 9.42. The number of hydrogen-bond acceptors (Lipinski definition) is 1. The molecule has 13 heavy (non-hydrogen) atoms. The van der Waals surface area contributed by atoms with E-state index in [-0.39, 0.29) is 11.9 Å². The maximum absolute atomic E-state index is 13.2. The molecule has 1 aliphatic carbocycles. The van der Waals surface area contributed by atoms with Gasteiger partial charge in [0.2, 0.25) is 0 Å². The lowest BCUT2D eigenvalue weighted by Crippen LogP contribution is -2.12. The standard InChI is InChI=1S/C11H14FN/c1-7-2-3-9(6-10(7)12)11(13)8-4-5-8/h2-3,6,8,11H,4-5,13H2,1H3. The van der Waals surface area contributed by atoms with Crippen LogP contribution < -0.4 is 5.73 Å². The van der Waals surface area contributed by atoms with Crippen molar-refractivity contribution in [1.29, 1.82) is 0 Å². The third-order valence-electron chi connectivity index (χ3n) is 2.71. The van der Waals surface area contributed by atoms with Crippen LogP contribution in [-0.4, -0.2) is 0 Å². The number of aryl methyl sites for hydroxylation is 1. The van der Waals surface area contributed by atoms with Crippen LogP contribution in [0.3, 0.4) is 0 Å². The molecule has 2 N–H and O–H groups in total. The highest BCUT2D eigenvalue weighted by molar-refractivity contribution is 5.26. The smallest absolute Gasteiger partial charge is 0.126 e. The van der Waals surface area contributed by atoms with Crippen LogP contribution in [0, 0.1) is 18.7 Å². The van der Waals surface area contributed by atoms with Crippen LogP contribution in [0.1, 0.15) is 30.0 Å². The Labute approximate surface area is 77.8 Å². The molecule has 1 aromatic rings. The van der Waals surface area contributed by atoms with Crippen LogP contribution in [0.15, 0.2) is 18.2 Å². The van der Waals surface area contributed by atoms with Gasteiger partial charge in [0.25, 0.3) is 0 Å². The molecule has 1 unspecified atom stereocenters. The first kappa shape index (κ1) is 8.70. The van der Waals surface area contributed by atoms with Gasteiger partial charge < -0.3 is 5.73 Å². The van der Waals surface area contributed by atoms with Crippen molar-refractivity contribution in [3.63, 3.8) is 0 Å². The summed E-state index contributed by atoms with van der Waals surface area (Å²) in [6, 6.07) is 5.34. The number of rotatable bonds is 2. The van der Waals surface area contributed by atoms with Crippen molar-refractivity contribution in [2.45, 2.75) is 25.8 Å². The lowest BCUT2D eigenvalue weighted by Gasteiger charge is -2.10. The molecule has 1 saturated carbocycles. The van der Waals surface area contributed by atoms with E-state index in [4.69, 9.17) is 5.73 Å². The molecule has 2 rings (SSSR count). The molecule has 1 aliphatic rings. The molecule has 1 fully saturated rings. The SMILES string of the molecule is Cc1ccc(C(N)C2CC2)cc1F. The topological polar surface area (TPSA) is 26.0 Å². The van der Waals surface area contributed by atoms with Crippen LogP contribution in [0.2, 0.25) is 0 Å². The van der Waals surface area contributed by atoms with E-state index < -0.39 is 0 Å². The summed E-state index contributed by atoms with van der Waals surface area (Å²) in [4.78, 5) is 0. The van der Waals surface area contributed by atoms with E-state index in [1.165, 1.54) is 12.8 Å². The van der Waals surface area contributed by atoms with Crippen molar-refractivity contribution in [3.8, 4) is 0 Å². The van der Waals surface area contributed by atoms with Gasteiger partial charge in [-0.1, -0.05) is 12.1 Å². The van der Waals surface area contributed by atoms with Crippen molar-refractivity contribution < 1.29 is 4.39 Å². The first-order chi connectivity index (χ1) is 6.18. The molecule has 2 heteroatoms. The quantitative estimate of drug-likeness (QED) is 0.741. The molecular weight excluding hydrogens is 165 g/mol.